The Balaban J connectivity index is 2.01. The third-order valence-corrected chi connectivity index (χ3v) is 7.00. The number of hydrogen-bond acceptors (Lipinski definition) is 3. The van der Waals surface area contributed by atoms with E-state index < -0.39 is 17.3 Å². The van der Waals surface area contributed by atoms with Crippen LogP contribution in [0.15, 0.2) is 78.4 Å². The number of Topliss-reactive ketones (excluding diaryl/α,β-unsaturated/α-hetero) is 1. The van der Waals surface area contributed by atoms with Gasteiger partial charge in [-0.1, -0.05) is 89.4 Å². The standard InChI is InChI=1S/C27H17Cl3N2O/c28-19-11-10-18(24(30)13-19)12-21-25(33)14-22(17-6-2-1-3-7-17)27(15-31,16-32)26(21)20-8-4-5-9-23(20)29/h1-13,22,26H,14H2/b21-12-/t22-,26+/m0/s1. The predicted octanol–water partition coefficient (Wildman–Crippen LogP) is 7.60. The summed E-state index contributed by atoms with van der Waals surface area (Å²) in [5.41, 5.74) is 0.638. The van der Waals surface area contributed by atoms with Crippen LogP contribution in [0.1, 0.15) is 34.9 Å². The summed E-state index contributed by atoms with van der Waals surface area (Å²) in [6.45, 7) is 0. The summed E-state index contributed by atoms with van der Waals surface area (Å²) in [6, 6.07) is 25.8. The van der Waals surface area contributed by atoms with Gasteiger partial charge in [-0.25, -0.2) is 0 Å². The van der Waals surface area contributed by atoms with Crippen molar-refractivity contribution in [2.24, 2.45) is 5.41 Å². The zero-order valence-electron chi connectivity index (χ0n) is 17.3. The van der Waals surface area contributed by atoms with E-state index in [1.165, 1.54) is 0 Å². The SMILES string of the molecule is N#CC1(C#N)[C@H](c2ccccc2)CC(=O)/C(=C/c2ccc(Cl)cc2Cl)[C@H]1c1ccccc1Cl. The Morgan fingerprint density at radius 1 is 0.879 bits per heavy atom. The van der Waals surface area contributed by atoms with E-state index in [0.29, 0.717) is 31.8 Å². The summed E-state index contributed by atoms with van der Waals surface area (Å²) in [6.07, 6.45) is 1.67. The molecule has 33 heavy (non-hydrogen) atoms. The molecule has 0 aliphatic heterocycles. The van der Waals surface area contributed by atoms with Crippen molar-refractivity contribution in [1.82, 2.24) is 0 Å². The second-order valence-corrected chi connectivity index (χ2v) is 9.15. The van der Waals surface area contributed by atoms with Crippen molar-refractivity contribution >= 4 is 46.7 Å². The Labute approximate surface area is 207 Å². The maximum Gasteiger partial charge on any atom is 0.162 e. The Bertz CT molecular complexity index is 1320. The topological polar surface area (TPSA) is 64.7 Å². The number of benzene rings is 3. The molecule has 0 amide bonds. The van der Waals surface area contributed by atoms with Crippen molar-refractivity contribution in [2.75, 3.05) is 0 Å². The average molecular weight is 492 g/mol. The summed E-state index contributed by atoms with van der Waals surface area (Å²) >= 11 is 19.0. The molecule has 162 valence electrons. The van der Waals surface area contributed by atoms with E-state index in [1.807, 2.05) is 30.3 Å². The molecule has 0 aromatic heterocycles. The summed E-state index contributed by atoms with van der Waals surface area (Å²) in [5, 5.41) is 22.1. The van der Waals surface area contributed by atoms with Gasteiger partial charge in [0, 0.05) is 38.9 Å². The molecule has 0 radical (unpaired) electrons. The molecule has 4 rings (SSSR count). The molecule has 0 saturated heterocycles. The second kappa shape index (κ2) is 9.42. The summed E-state index contributed by atoms with van der Waals surface area (Å²) in [7, 11) is 0. The first-order valence-corrected chi connectivity index (χ1v) is 11.4. The first kappa shape index (κ1) is 23.1. The van der Waals surface area contributed by atoms with E-state index in [0.717, 1.165) is 5.56 Å². The monoisotopic (exact) mass is 490 g/mol. The Hall–Kier alpha value is -3.08. The van der Waals surface area contributed by atoms with Crippen molar-refractivity contribution < 1.29 is 4.79 Å². The zero-order chi connectivity index (χ0) is 23.6. The third-order valence-electron chi connectivity index (χ3n) is 6.09. The molecule has 0 heterocycles. The molecule has 0 spiro atoms. The van der Waals surface area contributed by atoms with Crippen LogP contribution in [0.2, 0.25) is 15.1 Å². The Morgan fingerprint density at radius 3 is 2.18 bits per heavy atom. The lowest BCUT2D eigenvalue weighted by atomic mass is 9.55. The van der Waals surface area contributed by atoms with Gasteiger partial charge in [0.25, 0.3) is 0 Å². The molecular weight excluding hydrogens is 475 g/mol. The molecule has 1 aliphatic carbocycles. The van der Waals surface area contributed by atoms with Crippen LogP contribution in [0.25, 0.3) is 6.08 Å². The molecular formula is C27H17Cl3N2O. The smallest absolute Gasteiger partial charge is 0.162 e. The van der Waals surface area contributed by atoms with Gasteiger partial charge in [0.2, 0.25) is 0 Å². The summed E-state index contributed by atoms with van der Waals surface area (Å²) < 4.78 is 0. The molecule has 1 aliphatic rings. The number of carbonyl (C=O) groups is 1. The van der Waals surface area contributed by atoms with Gasteiger partial charge < -0.3 is 0 Å². The van der Waals surface area contributed by atoms with E-state index in [2.05, 4.69) is 12.1 Å². The number of ketones is 1. The van der Waals surface area contributed by atoms with E-state index in [4.69, 9.17) is 34.8 Å². The van der Waals surface area contributed by atoms with E-state index in [-0.39, 0.29) is 12.2 Å². The van der Waals surface area contributed by atoms with Crippen molar-refractivity contribution in [3.8, 4) is 12.1 Å². The van der Waals surface area contributed by atoms with E-state index in [1.54, 1.807) is 48.5 Å². The molecule has 3 aromatic rings. The van der Waals surface area contributed by atoms with Crippen LogP contribution in [0, 0.1) is 28.1 Å². The molecule has 3 aromatic carbocycles. The minimum absolute atomic E-state index is 0.0170. The van der Waals surface area contributed by atoms with Crippen molar-refractivity contribution in [2.45, 2.75) is 18.3 Å². The lowest BCUT2D eigenvalue weighted by Crippen LogP contribution is -2.41. The van der Waals surface area contributed by atoms with Gasteiger partial charge in [-0.2, -0.15) is 10.5 Å². The van der Waals surface area contributed by atoms with E-state index >= 15 is 0 Å². The maximum atomic E-state index is 13.6. The van der Waals surface area contributed by atoms with Crippen LogP contribution < -0.4 is 0 Å². The fourth-order valence-electron chi connectivity index (χ4n) is 4.52. The van der Waals surface area contributed by atoms with Gasteiger partial charge in [-0.3, -0.25) is 4.79 Å². The quantitative estimate of drug-likeness (QED) is 0.354. The lowest BCUT2D eigenvalue weighted by molar-refractivity contribution is -0.118. The number of hydrogen-bond donors (Lipinski definition) is 0. The van der Waals surface area contributed by atoms with Crippen molar-refractivity contribution in [1.29, 1.82) is 10.5 Å². The predicted molar refractivity (Wildman–Crippen MR) is 131 cm³/mol. The van der Waals surface area contributed by atoms with Crippen LogP contribution in [0.5, 0.6) is 0 Å². The van der Waals surface area contributed by atoms with Gasteiger partial charge >= 0.3 is 0 Å². The van der Waals surface area contributed by atoms with E-state index in [9.17, 15) is 15.3 Å². The summed E-state index contributed by atoms with van der Waals surface area (Å²) in [4.78, 5) is 13.6. The first-order chi connectivity index (χ1) is 15.9. The number of halogens is 3. The third kappa shape index (κ3) is 4.17. The van der Waals surface area contributed by atoms with Gasteiger partial charge in [0.15, 0.2) is 11.2 Å². The van der Waals surface area contributed by atoms with Crippen LogP contribution in [-0.4, -0.2) is 5.78 Å². The Kier molecular flexibility index (Phi) is 6.59. The Morgan fingerprint density at radius 2 is 1.55 bits per heavy atom. The van der Waals surface area contributed by atoms with Crippen molar-refractivity contribution in [3.63, 3.8) is 0 Å². The maximum absolute atomic E-state index is 13.6. The zero-order valence-corrected chi connectivity index (χ0v) is 19.6. The molecule has 2 atom stereocenters. The molecule has 6 heteroatoms. The number of nitriles is 2. The average Bonchev–Trinajstić information content (AvgIpc) is 2.82. The highest BCUT2D eigenvalue weighted by Gasteiger charge is 2.55. The fraction of sp³-hybridized carbons (Fsp3) is 0.148. The highest BCUT2D eigenvalue weighted by atomic mass is 35.5. The van der Waals surface area contributed by atoms with Crippen LogP contribution >= 0.6 is 34.8 Å². The molecule has 0 unspecified atom stereocenters. The minimum Gasteiger partial charge on any atom is -0.295 e. The number of rotatable bonds is 3. The highest BCUT2D eigenvalue weighted by molar-refractivity contribution is 6.35. The number of allylic oxidation sites excluding steroid dienone is 1. The fourth-order valence-corrected chi connectivity index (χ4v) is 5.23. The first-order valence-electron chi connectivity index (χ1n) is 10.2. The van der Waals surface area contributed by atoms with Crippen LogP contribution in [0.3, 0.4) is 0 Å². The molecule has 3 nitrogen and oxygen atoms in total. The normalized spacial score (nSPS) is 20.8. The lowest BCUT2D eigenvalue weighted by Gasteiger charge is -2.42. The highest BCUT2D eigenvalue weighted by Crippen LogP contribution is 2.57. The molecule has 0 bridgehead atoms. The van der Waals surface area contributed by atoms with Crippen LogP contribution in [-0.2, 0) is 4.79 Å². The second-order valence-electron chi connectivity index (χ2n) is 7.90. The number of nitrogens with zero attached hydrogens (tertiary/aromatic N) is 2. The molecule has 0 N–H and O–H groups in total. The van der Waals surface area contributed by atoms with Gasteiger partial charge in [0.05, 0.1) is 12.1 Å². The molecule has 1 saturated carbocycles. The van der Waals surface area contributed by atoms with Gasteiger partial charge in [-0.05, 0) is 41.0 Å². The summed E-state index contributed by atoms with van der Waals surface area (Å²) in [5.74, 6) is -1.67. The minimum atomic E-state index is -1.56. The molecule has 1 fully saturated rings. The number of carbonyl (C=O) groups excluding carboxylic acids is 1. The van der Waals surface area contributed by atoms with Gasteiger partial charge in [0.1, 0.15) is 0 Å². The largest absolute Gasteiger partial charge is 0.295 e. The van der Waals surface area contributed by atoms with Gasteiger partial charge in [-0.15, -0.1) is 0 Å². The van der Waals surface area contributed by atoms with Crippen molar-refractivity contribution in [3.05, 3.63) is 110 Å². The van der Waals surface area contributed by atoms with Crippen LogP contribution in [0.4, 0.5) is 0 Å².